The molecule has 0 saturated heterocycles. The molecule has 0 bridgehead atoms. The van der Waals surface area contributed by atoms with Gasteiger partial charge in [0.05, 0.1) is 19.8 Å². The third kappa shape index (κ3) is 9.66. The van der Waals surface area contributed by atoms with Crippen LogP contribution in [-0.2, 0) is 9.47 Å². The minimum Gasteiger partial charge on any atom is -0.379 e. The van der Waals surface area contributed by atoms with Crippen LogP contribution in [0.1, 0.15) is 20.3 Å². The van der Waals surface area contributed by atoms with Crippen LogP contribution in [0.4, 0.5) is 0 Å². The minimum absolute atomic E-state index is 0.619. The van der Waals surface area contributed by atoms with E-state index in [1.54, 1.807) is 6.08 Å². The lowest BCUT2D eigenvalue weighted by Gasteiger charge is -2.05. The van der Waals surface area contributed by atoms with Crippen molar-refractivity contribution in [3.05, 3.63) is 12.7 Å². The van der Waals surface area contributed by atoms with Gasteiger partial charge < -0.3 is 9.47 Å². The van der Waals surface area contributed by atoms with Gasteiger partial charge in [0.25, 0.3) is 0 Å². The first-order valence-electron chi connectivity index (χ1n) is 4.53. The van der Waals surface area contributed by atoms with Gasteiger partial charge in [-0.3, -0.25) is 0 Å². The molecule has 0 radical (unpaired) electrons. The van der Waals surface area contributed by atoms with Gasteiger partial charge >= 0.3 is 0 Å². The zero-order valence-electron chi connectivity index (χ0n) is 8.21. The summed E-state index contributed by atoms with van der Waals surface area (Å²) in [4.78, 5) is 0. The van der Waals surface area contributed by atoms with Crippen LogP contribution in [0.15, 0.2) is 12.7 Å². The maximum Gasteiger partial charge on any atom is 0.0704 e. The summed E-state index contributed by atoms with van der Waals surface area (Å²) in [7, 11) is 0. The van der Waals surface area contributed by atoms with Crippen LogP contribution in [-0.4, -0.2) is 26.4 Å². The molecular weight excluding hydrogens is 152 g/mol. The first-order valence-corrected chi connectivity index (χ1v) is 4.53. The van der Waals surface area contributed by atoms with Gasteiger partial charge in [-0.15, -0.1) is 6.58 Å². The monoisotopic (exact) mass is 172 g/mol. The summed E-state index contributed by atoms with van der Waals surface area (Å²) < 4.78 is 10.5. The fraction of sp³-hybridized carbons (Fsp3) is 0.800. The van der Waals surface area contributed by atoms with Crippen molar-refractivity contribution in [2.24, 2.45) is 5.92 Å². The fourth-order valence-corrected chi connectivity index (χ4v) is 0.706. The summed E-state index contributed by atoms with van der Waals surface area (Å²) in [5, 5.41) is 0. The molecule has 12 heavy (non-hydrogen) atoms. The molecule has 2 nitrogen and oxygen atoms in total. The molecule has 0 heterocycles. The molecule has 0 spiro atoms. The Morgan fingerprint density at radius 2 is 1.83 bits per heavy atom. The molecule has 0 N–H and O–H groups in total. The van der Waals surface area contributed by atoms with Crippen LogP contribution in [0.25, 0.3) is 0 Å². The maximum absolute atomic E-state index is 5.33. The standard InChI is InChI=1S/C10H20O2/c1-4-6-11-8-9-12-7-5-10(2)3/h4,10H,1,5-9H2,2-3H3. The van der Waals surface area contributed by atoms with Gasteiger partial charge in [0.15, 0.2) is 0 Å². The molecule has 72 valence electrons. The van der Waals surface area contributed by atoms with E-state index in [1.165, 1.54) is 0 Å². The predicted octanol–water partition coefficient (Wildman–Crippen LogP) is 2.25. The lowest BCUT2D eigenvalue weighted by molar-refractivity contribution is 0.0541. The van der Waals surface area contributed by atoms with Crippen LogP contribution >= 0.6 is 0 Å². The van der Waals surface area contributed by atoms with Gasteiger partial charge in [0.1, 0.15) is 0 Å². The molecule has 0 rings (SSSR count). The summed E-state index contributed by atoms with van der Waals surface area (Å²) in [6.45, 7) is 10.8. The normalized spacial score (nSPS) is 10.6. The highest BCUT2D eigenvalue weighted by Crippen LogP contribution is 1.98. The van der Waals surface area contributed by atoms with Gasteiger partial charge in [0.2, 0.25) is 0 Å². The third-order valence-electron chi connectivity index (χ3n) is 1.45. The first kappa shape index (κ1) is 11.7. The quantitative estimate of drug-likeness (QED) is 0.413. The average Bonchev–Trinajstić information content (AvgIpc) is 2.02. The van der Waals surface area contributed by atoms with Crippen molar-refractivity contribution in [1.82, 2.24) is 0 Å². The summed E-state index contributed by atoms with van der Waals surface area (Å²) >= 11 is 0. The Morgan fingerprint density at radius 1 is 1.17 bits per heavy atom. The van der Waals surface area contributed by atoms with Gasteiger partial charge in [0, 0.05) is 6.61 Å². The van der Waals surface area contributed by atoms with Crippen molar-refractivity contribution < 1.29 is 9.47 Å². The second-order valence-corrected chi connectivity index (χ2v) is 3.16. The van der Waals surface area contributed by atoms with E-state index in [0.717, 1.165) is 18.9 Å². The fourth-order valence-electron chi connectivity index (χ4n) is 0.706. The molecule has 0 aliphatic carbocycles. The molecule has 0 aliphatic rings. The largest absolute Gasteiger partial charge is 0.379 e. The summed E-state index contributed by atoms with van der Waals surface area (Å²) in [5.41, 5.74) is 0. The van der Waals surface area contributed by atoms with E-state index < -0.39 is 0 Å². The second-order valence-electron chi connectivity index (χ2n) is 3.16. The lowest BCUT2D eigenvalue weighted by Crippen LogP contribution is -2.06. The van der Waals surface area contributed by atoms with Crippen LogP contribution in [0.5, 0.6) is 0 Å². The second kappa shape index (κ2) is 8.75. The van der Waals surface area contributed by atoms with Crippen LogP contribution in [0.2, 0.25) is 0 Å². The predicted molar refractivity (Wildman–Crippen MR) is 51.3 cm³/mol. The van der Waals surface area contributed by atoms with Crippen molar-refractivity contribution in [2.75, 3.05) is 26.4 Å². The van der Waals surface area contributed by atoms with E-state index in [4.69, 9.17) is 9.47 Å². The van der Waals surface area contributed by atoms with Gasteiger partial charge in [-0.25, -0.2) is 0 Å². The number of ether oxygens (including phenoxy) is 2. The van der Waals surface area contributed by atoms with E-state index in [1.807, 2.05) is 0 Å². The molecule has 0 unspecified atom stereocenters. The highest BCUT2D eigenvalue weighted by atomic mass is 16.5. The van der Waals surface area contributed by atoms with E-state index in [0.29, 0.717) is 19.8 Å². The van der Waals surface area contributed by atoms with E-state index >= 15 is 0 Å². The molecule has 0 fully saturated rings. The Bertz CT molecular complexity index is 100. The zero-order chi connectivity index (χ0) is 9.23. The molecule has 0 aromatic carbocycles. The molecule has 0 amide bonds. The van der Waals surface area contributed by atoms with Crippen molar-refractivity contribution >= 4 is 0 Å². The smallest absolute Gasteiger partial charge is 0.0704 e. The Morgan fingerprint density at radius 3 is 2.42 bits per heavy atom. The SMILES string of the molecule is C=CCOCCOCCC(C)C. The van der Waals surface area contributed by atoms with E-state index in [9.17, 15) is 0 Å². The van der Waals surface area contributed by atoms with Crippen molar-refractivity contribution in [3.8, 4) is 0 Å². The topological polar surface area (TPSA) is 18.5 Å². The van der Waals surface area contributed by atoms with Gasteiger partial charge in [-0.05, 0) is 12.3 Å². The van der Waals surface area contributed by atoms with Crippen molar-refractivity contribution in [1.29, 1.82) is 0 Å². The van der Waals surface area contributed by atoms with E-state index in [-0.39, 0.29) is 0 Å². The molecule has 0 aliphatic heterocycles. The maximum atomic E-state index is 5.33. The van der Waals surface area contributed by atoms with Crippen LogP contribution in [0, 0.1) is 5.92 Å². The molecular formula is C10H20O2. The first-order chi connectivity index (χ1) is 5.77. The Labute approximate surface area is 75.6 Å². The van der Waals surface area contributed by atoms with Crippen LogP contribution < -0.4 is 0 Å². The highest BCUT2D eigenvalue weighted by molar-refractivity contribution is 4.63. The number of hydrogen-bond acceptors (Lipinski definition) is 2. The molecule has 0 aromatic rings. The summed E-state index contributed by atoms with van der Waals surface area (Å²) in [6.07, 6.45) is 2.87. The number of rotatable bonds is 8. The molecule has 0 aromatic heterocycles. The van der Waals surface area contributed by atoms with Crippen molar-refractivity contribution in [2.45, 2.75) is 20.3 Å². The Hall–Kier alpha value is -0.340. The summed E-state index contributed by atoms with van der Waals surface area (Å²) in [5.74, 6) is 0.721. The van der Waals surface area contributed by atoms with Crippen LogP contribution in [0.3, 0.4) is 0 Å². The molecule has 0 saturated carbocycles. The Kier molecular flexibility index (Phi) is 8.51. The highest BCUT2D eigenvalue weighted by Gasteiger charge is 1.93. The van der Waals surface area contributed by atoms with E-state index in [2.05, 4.69) is 20.4 Å². The summed E-state index contributed by atoms with van der Waals surface area (Å²) in [6, 6.07) is 0. The third-order valence-corrected chi connectivity index (χ3v) is 1.45. The number of hydrogen-bond donors (Lipinski definition) is 0. The minimum atomic E-state index is 0.619. The van der Waals surface area contributed by atoms with Crippen molar-refractivity contribution in [3.63, 3.8) is 0 Å². The Balaban J connectivity index is 2.86. The molecule has 2 heteroatoms. The zero-order valence-corrected chi connectivity index (χ0v) is 8.21. The average molecular weight is 172 g/mol. The lowest BCUT2D eigenvalue weighted by atomic mass is 10.1. The van der Waals surface area contributed by atoms with Gasteiger partial charge in [-0.2, -0.15) is 0 Å². The molecule has 0 atom stereocenters. The van der Waals surface area contributed by atoms with Gasteiger partial charge in [-0.1, -0.05) is 19.9 Å².